The number of H-pyrrole nitrogens is 4. The number of nitrogens with zero attached hydrogens (tertiary/aromatic N) is 12. The number of rotatable bonds is 23. The van der Waals surface area contributed by atoms with Crippen LogP contribution < -0.4 is 60.7 Å². The molecule has 0 saturated heterocycles. The van der Waals surface area contributed by atoms with Gasteiger partial charge in [0.2, 0.25) is 5.91 Å². The van der Waals surface area contributed by atoms with Crippen LogP contribution in [0.25, 0.3) is 44.1 Å². The van der Waals surface area contributed by atoms with Crippen molar-refractivity contribution in [1.82, 2.24) is 95.9 Å². The van der Waals surface area contributed by atoms with Gasteiger partial charge in [0, 0.05) is 49.3 Å². The second-order valence-electron chi connectivity index (χ2n) is 23.4. The van der Waals surface area contributed by atoms with E-state index in [9.17, 15) is 48.6 Å². The average Bonchev–Trinajstić information content (AvgIpc) is 1.73. The number of nitrogens with one attached hydrogen (secondary N) is 8. The zero-order chi connectivity index (χ0) is 72.6. The molecule has 0 aliphatic rings. The van der Waals surface area contributed by atoms with Gasteiger partial charge in [0.05, 0.1) is 65.8 Å². The topological polar surface area (TPSA) is 489 Å². The molecule has 4 amide bonds. The molecule has 16 N–H and O–H groups in total. The monoisotopic (exact) mass is 1400 g/mol. The molecule has 530 valence electrons. The molecule has 103 heavy (non-hydrogen) atoms. The van der Waals surface area contributed by atoms with Gasteiger partial charge in [-0.1, -0.05) is 140 Å². The van der Waals surface area contributed by atoms with E-state index in [2.05, 4.69) is 94.6 Å². The largest absolute Gasteiger partial charge is 0.394 e. The van der Waals surface area contributed by atoms with Gasteiger partial charge >= 0.3 is 12.1 Å². The van der Waals surface area contributed by atoms with Gasteiger partial charge in [0.15, 0.2) is 22.7 Å². The van der Waals surface area contributed by atoms with Crippen LogP contribution in [0.5, 0.6) is 0 Å². The maximum atomic E-state index is 12.5. The van der Waals surface area contributed by atoms with E-state index >= 15 is 0 Å². The maximum absolute atomic E-state index is 12.5. The van der Waals surface area contributed by atoms with E-state index in [0.717, 1.165) is 38.9 Å². The van der Waals surface area contributed by atoms with Crippen LogP contribution in [0, 0.1) is 0 Å². The molecule has 8 aromatic heterocycles. The van der Waals surface area contributed by atoms with Crippen LogP contribution in [-0.4, -0.2) is 146 Å². The number of aliphatic hydroxyl groups is 2. The molecule has 0 radical (unpaired) electrons. The maximum Gasteiger partial charge on any atom is 0.345 e. The summed E-state index contributed by atoms with van der Waals surface area (Å²) in [5, 5.41) is 72.6. The summed E-state index contributed by atoms with van der Waals surface area (Å²) in [6, 6.07) is 50.0. The number of hydrogen-bond acceptors (Lipinski definition) is 21. The lowest BCUT2D eigenvalue weighted by Crippen LogP contribution is -2.45. The smallest absolute Gasteiger partial charge is 0.345 e. The quantitative estimate of drug-likeness (QED) is 0.0425. The number of carbonyl (C=O) groups is 4. The number of benzene rings is 5. The molecule has 4 atom stereocenters. The fourth-order valence-corrected chi connectivity index (χ4v) is 10.9. The minimum Gasteiger partial charge on any atom is -0.394 e. The number of aliphatic hydroxyl groups excluding tert-OH is 2. The molecule has 13 rings (SSSR count). The van der Waals surface area contributed by atoms with Crippen molar-refractivity contribution < 1.29 is 29.4 Å². The molecule has 13 aromatic rings. The van der Waals surface area contributed by atoms with Gasteiger partial charge in [-0.25, -0.2) is 19.0 Å². The third-order valence-corrected chi connectivity index (χ3v) is 16.2. The minimum atomic E-state index is -0.687. The molecule has 8 heterocycles. The number of carbonyl (C=O) groups excluding carboxylic acids is 4. The van der Waals surface area contributed by atoms with E-state index in [1.807, 2.05) is 115 Å². The number of anilines is 2. The highest BCUT2D eigenvalue weighted by Crippen LogP contribution is 2.25. The fraction of sp³-hybridized carbons (Fsp3) is 0.229. The second kappa shape index (κ2) is 35.7. The molecule has 0 fully saturated rings. The second-order valence-corrected chi connectivity index (χ2v) is 23.4. The van der Waals surface area contributed by atoms with Crippen LogP contribution in [-0.2, 0) is 24.3 Å². The molecule has 5 aromatic carbocycles. The zero-order valence-electron chi connectivity index (χ0n) is 55.5. The number of nitrogen functional groups attached to an aromatic ring is 1. The van der Waals surface area contributed by atoms with Gasteiger partial charge in [0.25, 0.3) is 28.1 Å². The molecular weight excluding hydrogens is 1320 g/mol. The summed E-state index contributed by atoms with van der Waals surface area (Å²) in [7, 11) is 0. The van der Waals surface area contributed by atoms with Gasteiger partial charge in [-0.15, -0.1) is 9.36 Å². The van der Waals surface area contributed by atoms with E-state index in [-0.39, 0.29) is 66.9 Å². The Morgan fingerprint density at radius 1 is 0.495 bits per heavy atom. The number of aromatic nitrogens is 16. The van der Waals surface area contributed by atoms with Crippen LogP contribution in [0.2, 0.25) is 0 Å². The highest BCUT2D eigenvalue weighted by molar-refractivity contribution is 6.07. The van der Waals surface area contributed by atoms with Gasteiger partial charge in [-0.05, 0) is 85.5 Å². The number of nitrogens with two attached hydrogens (primary N) is 3. The SMILES string of the molecule is NCCC(CCn1nc2c(NC(=O)c3ccccc3)n[nH]c2cc1=O)c1ccccc1.NCCC(NC(=O)n1nc2cn[nH]c2cc1=O)c1ccccc1.Nc1n[nH]c2cc(=O)n(CCCC(=O)NC(CO)c3ccccc3)nc12.O=C(NC(CO)Cc1ccccc1)n1nc2cn[nH]c2cc1=O. The minimum absolute atomic E-state index is 0.187. The Balaban J connectivity index is 0.000000149. The third-order valence-electron chi connectivity index (χ3n) is 16.2. The van der Waals surface area contributed by atoms with E-state index in [4.69, 9.17) is 17.2 Å². The Morgan fingerprint density at radius 2 is 0.990 bits per heavy atom. The summed E-state index contributed by atoms with van der Waals surface area (Å²) in [5.74, 6) is 0.252. The van der Waals surface area contributed by atoms with E-state index in [1.165, 1.54) is 51.6 Å². The molecule has 33 nitrogen and oxygen atoms in total. The lowest BCUT2D eigenvalue weighted by atomic mass is 9.92. The van der Waals surface area contributed by atoms with E-state index in [0.29, 0.717) is 94.4 Å². The van der Waals surface area contributed by atoms with Crippen molar-refractivity contribution in [3.05, 3.63) is 258 Å². The number of fused-ring (bicyclic) bond motifs is 4. The Bertz CT molecular complexity index is 5200. The van der Waals surface area contributed by atoms with Gasteiger partial charge in [0.1, 0.15) is 11.0 Å². The molecule has 4 unspecified atom stereocenters. The van der Waals surface area contributed by atoms with Crippen molar-refractivity contribution in [3.8, 4) is 0 Å². The first kappa shape index (κ1) is 72.8. The summed E-state index contributed by atoms with van der Waals surface area (Å²) >= 11 is 0. The van der Waals surface area contributed by atoms with Crippen LogP contribution in [0.4, 0.5) is 21.2 Å². The number of amides is 4. The normalized spacial score (nSPS) is 12.2. The summed E-state index contributed by atoms with van der Waals surface area (Å²) < 4.78 is 4.21. The first-order chi connectivity index (χ1) is 50.1. The first-order valence-electron chi connectivity index (χ1n) is 32.7. The van der Waals surface area contributed by atoms with Crippen LogP contribution in [0.15, 0.2) is 207 Å². The standard InChI is InChI=1S/C23H24N6O2.C17H20N6O3.C15H16N6O2.C15H15N5O3/c24-13-11-17(16-7-3-1-4-8-16)12-14-29-20(30)15-19-21(28-29)22(27-26-19)25-23(31)18-9-5-2-6-10-18;18-17-16-12(20-21-17)9-15(26)23(22-16)8-4-7-14(25)19-13(10-24)11-5-2-1-3-6-11;16-7-6-11(10-4-2-1-3-5-10)18-15(23)21-14(22)8-12-13(20-21)9-17-19-12;21-9-11(6-10-4-2-1-3-5-10)17-15(23)20-14(22)7-12-13(19-20)8-16-18-12/h1-10,15,17,26H,11-14,24H2,(H,25,27,31);1-3,5-6,9,13,20,24H,4,7-8,10H2,(H2,18,21)(H,19,25);1-5,8-9,11,19H,6-7,16H2,(H,18,23);1-5,7-8,11,18,21H,6,9H2,(H,17,23). The van der Waals surface area contributed by atoms with Gasteiger partial charge < -0.3 is 48.7 Å². The molecular formula is C70H75N23O10. The van der Waals surface area contributed by atoms with Crippen LogP contribution in [0.1, 0.15) is 82.7 Å². The average molecular weight is 1400 g/mol. The number of hydrogen-bond donors (Lipinski definition) is 13. The van der Waals surface area contributed by atoms with Crippen molar-refractivity contribution >= 4 is 79.6 Å². The predicted molar refractivity (Wildman–Crippen MR) is 384 cm³/mol. The summed E-state index contributed by atoms with van der Waals surface area (Å²) in [4.78, 5) is 97.7. The van der Waals surface area contributed by atoms with Crippen LogP contribution in [0.3, 0.4) is 0 Å². The van der Waals surface area contributed by atoms with E-state index in [1.54, 1.807) is 24.3 Å². The molecule has 0 aliphatic heterocycles. The van der Waals surface area contributed by atoms with Crippen molar-refractivity contribution in [3.63, 3.8) is 0 Å². The summed E-state index contributed by atoms with van der Waals surface area (Å²) in [6.45, 7) is 1.26. The van der Waals surface area contributed by atoms with Crippen LogP contribution >= 0.6 is 0 Å². The van der Waals surface area contributed by atoms with Crippen molar-refractivity contribution in [2.75, 3.05) is 37.4 Å². The summed E-state index contributed by atoms with van der Waals surface area (Å²) in [5.41, 5.74) is 23.6. The van der Waals surface area contributed by atoms with Gasteiger partial charge in [-0.3, -0.25) is 49.2 Å². The highest BCUT2D eigenvalue weighted by Gasteiger charge is 2.21. The lowest BCUT2D eigenvalue weighted by Gasteiger charge is -2.18. The highest BCUT2D eigenvalue weighted by atomic mass is 16.3. The Hall–Kier alpha value is -13.0. The zero-order valence-corrected chi connectivity index (χ0v) is 55.5. The molecule has 0 bridgehead atoms. The Kier molecular flexibility index (Phi) is 25.2. The molecule has 0 aliphatic carbocycles. The van der Waals surface area contributed by atoms with E-state index < -0.39 is 35.3 Å². The van der Waals surface area contributed by atoms with Crippen molar-refractivity contribution in [2.45, 2.75) is 75.7 Å². The Labute approximate surface area is 584 Å². The van der Waals surface area contributed by atoms with Crippen molar-refractivity contribution in [2.24, 2.45) is 11.5 Å². The first-order valence-corrected chi connectivity index (χ1v) is 32.7. The fourth-order valence-electron chi connectivity index (χ4n) is 10.9. The lowest BCUT2D eigenvalue weighted by molar-refractivity contribution is -0.122. The molecule has 33 heteroatoms. The summed E-state index contributed by atoms with van der Waals surface area (Å²) in [6.07, 6.45) is 6.06. The Morgan fingerprint density at radius 3 is 1.55 bits per heavy atom. The van der Waals surface area contributed by atoms with Crippen molar-refractivity contribution in [1.29, 1.82) is 0 Å². The predicted octanol–water partition coefficient (Wildman–Crippen LogP) is 4.27. The third kappa shape index (κ3) is 19.5. The molecule has 0 spiro atoms. The number of aryl methyl sites for hydroxylation is 2. The molecule has 0 saturated carbocycles. The number of aromatic amines is 4. The van der Waals surface area contributed by atoms with Gasteiger partial charge in [-0.2, -0.15) is 40.8 Å².